The predicted octanol–water partition coefficient (Wildman–Crippen LogP) is 4.39. The number of aryl methyl sites for hydroxylation is 1. The topological polar surface area (TPSA) is 121 Å². The third kappa shape index (κ3) is 6.13. The molecule has 0 N–H and O–H groups in total. The summed E-state index contributed by atoms with van der Waals surface area (Å²) in [6.07, 6.45) is 9.45. The van der Waals surface area contributed by atoms with E-state index in [-0.39, 0.29) is 42.6 Å². The lowest BCUT2D eigenvalue weighted by molar-refractivity contribution is -0.128. The van der Waals surface area contributed by atoms with Crippen LogP contribution in [0.15, 0.2) is 48.9 Å². The predicted molar refractivity (Wildman–Crippen MR) is 176 cm³/mol. The van der Waals surface area contributed by atoms with Crippen molar-refractivity contribution in [2.45, 2.75) is 44.4 Å². The lowest BCUT2D eigenvalue weighted by atomic mass is 10.00. The van der Waals surface area contributed by atoms with Crippen LogP contribution in [0.25, 0.3) is 32.9 Å². The van der Waals surface area contributed by atoms with Gasteiger partial charge >= 0.3 is 6.01 Å². The van der Waals surface area contributed by atoms with Gasteiger partial charge in [-0.05, 0) is 36.8 Å². The van der Waals surface area contributed by atoms with E-state index in [0.29, 0.717) is 42.1 Å². The maximum absolute atomic E-state index is 16.7. The van der Waals surface area contributed by atoms with E-state index in [0.717, 1.165) is 54.9 Å². The van der Waals surface area contributed by atoms with E-state index in [9.17, 15) is 14.4 Å². The maximum Gasteiger partial charge on any atom is 0.319 e. The first-order valence-electron chi connectivity index (χ1n) is 16.3. The van der Waals surface area contributed by atoms with Crippen molar-refractivity contribution < 1.29 is 23.0 Å². The van der Waals surface area contributed by atoms with Crippen molar-refractivity contribution in [2.75, 3.05) is 57.5 Å². The average Bonchev–Trinajstić information content (AvgIpc) is 3.73. The van der Waals surface area contributed by atoms with E-state index in [1.165, 1.54) is 6.08 Å². The van der Waals surface area contributed by atoms with Crippen LogP contribution in [0, 0.1) is 24.1 Å². The number of amides is 1. The molecule has 1 amide bonds. The first-order valence-corrected chi connectivity index (χ1v) is 16.3. The van der Waals surface area contributed by atoms with Gasteiger partial charge in [-0.15, -0.1) is 0 Å². The molecule has 11 nitrogen and oxygen atoms in total. The van der Waals surface area contributed by atoms with Crippen molar-refractivity contribution >= 4 is 33.4 Å². The van der Waals surface area contributed by atoms with E-state index < -0.39 is 18.5 Å². The van der Waals surface area contributed by atoms with Crippen molar-refractivity contribution in [3.63, 3.8) is 0 Å². The van der Waals surface area contributed by atoms with Gasteiger partial charge in [0.2, 0.25) is 5.91 Å². The standard InChI is InChI=1S/C35H36F2N8O3/c1-22-5-2-6-23-16-39-17-27(30(22)23)32-31(37)33-28(18-40-32)34(44-12-13-45(24(19-44)8-10-38)29(46)7-3-9-36)42-35(41-33)47-14-4-11-43-20-26-15-25(43)21-48-26/h2-3,5-7,16-18,24-26H,4,8-9,11-15,19-21H2,1H3/b7-3+/t24-,25-,26-/m0/s1. The van der Waals surface area contributed by atoms with Gasteiger partial charge in [-0.2, -0.15) is 15.2 Å². The fraction of sp³-hybridized carbons (Fsp3) is 0.429. The molecule has 4 aromatic rings. The van der Waals surface area contributed by atoms with E-state index in [1.807, 2.05) is 30.0 Å². The molecular weight excluding hydrogens is 618 g/mol. The number of allylic oxidation sites excluding steroid dienone is 1. The Hall–Kier alpha value is -4.80. The van der Waals surface area contributed by atoms with Gasteiger partial charge in [-0.1, -0.05) is 18.2 Å². The van der Waals surface area contributed by atoms with Gasteiger partial charge in [0.05, 0.1) is 43.2 Å². The second kappa shape index (κ2) is 13.7. The summed E-state index contributed by atoms with van der Waals surface area (Å²) in [4.78, 5) is 36.9. The van der Waals surface area contributed by atoms with Crippen molar-refractivity contribution in [3.8, 4) is 23.3 Å². The number of nitrogens with zero attached hydrogens (tertiary/aromatic N) is 8. The van der Waals surface area contributed by atoms with Crippen LogP contribution in [0.3, 0.4) is 0 Å². The highest BCUT2D eigenvalue weighted by Crippen LogP contribution is 2.36. The quantitative estimate of drug-likeness (QED) is 0.180. The number of hydrogen-bond donors (Lipinski definition) is 0. The van der Waals surface area contributed by atoms with Gasteiger partial charge in [-0.3, -0.25) is 19.7 Å². The second-order valence-electron chi connectivity index (χ2n) is 12.5. The Labute approximate surface area is 276 Å². The number of pyridine rings is 2. The van der Waals surface area contributed by atoms with Gasteiger partial charge in [0.15, 0.2) is 5.82 Å². The number of rotatable bonds is 10. The van der Waals surface area contributed by atoms with Crippen molar-refractivity contribution in [2.24, 2.45) is 0 Å². The molecule has 7 rings (SSSR count). The number of halogens is 2. The number of piperazine rings is 1. The lowest BCUT2D eigenvalue weighted by Gasteiger charge is -2.41. The highest BCUT2D eigenvalue weighted by atomic mass is 19.1. The number of aromatic nitrogens is 4. The van der Waals surface area contributed by atoms with E-state index in [1.54, 1.807) is 23.5 Å². The molecule has 0 radical (unpaired) electrons. The van der Waals surface area contributed by atoms with Crippen molar-refractivity contribution in [3.05, 3.63) is 60.3 Å². The Kier molecular flexibility index (Phi) is 9.10. The monoisotopic (exact) mass is 654 g/mol. The summed E-state index contributed by atoms with van der Waals surface area (Å²) in [5, 5.41) is 11.7. The maximum atomic E-state index is 16.7. The summed E-state index contributed by atoms with van der Waals surface area (Å²) in [5.41, 5.74) is 1.70. The molecule has 248 valence electrons. The third-order valence-electron chi connectivity index (χ3n) is 9.47. The van der Waals surface area contributed by atoms with Crippen LogP contribution in [-0.2, 0) is 9.53 Å². The number of benzene rings is 1. The number of nitriles is 1. The van der Waals surface area contributed by atoms with Crippen LogP contribution in [0.4, 0.5) is 14.6 Å². The number of morpholine rings is 1. The Morgan fingerprint density at radius 1 is 1.21 bits per heavy atom. The molecule has 3 aliphatic heterocycles. The van der Waals surface area contributed by atoms with E-state index in [2.05, 4.69) is 25.9 Å². The molecule has 0 spiro atoms. The average molecular weight is 655 g/mol. The van der Waals surface area contributed by atoms with Crippen molar-refractivity contribution in [1.29, 1.82) is 5.26 Å². The molecule has 13 heteroatoms. The van der Waals surface area contributed by atoms with Gasteiger partial charge in [-0.25, -0.2) is 8.78 Å². The zero-order valence-electron chi connectivity index (χ0n) is 26.7. The normalized spacial score (nSPS) is 21.1. The summed E-state index contributed by atoms with van der Waals surface area (Å²) >= 11 is 0. The third-order valence-corrected chi connectivity index (χ3v) is 9.47. The smallest absolute Gasteiger partial charge is 0.319 e. The first kappa shape index (κ1) is 31.8. The summed E-state index contributed by atoms with van der Waals surface area (Å²) < 4.78 is 41.2. The van der Waals surface area contributed by atoms with Crippen LogP contribution in [0.5, 0.6) is 6.01 Å². The molecule has 0 saturated carbocycles. The minimum atomic E-state index is -0.757. The molecule has 48 heavy (non-hydrogen) atoms. The van der Waals surface area contributed by atoms with Gasteiger partial charge < -0.3 is 19.3 Å². The Balaban J connectivity index is 1.23. The fourth-order valence-electron chi connectivity index (χ4n) is 7.16. The molecular formula is C35H36F2N8O3. The number of hydrogen-bond acceptors (Lipinski definition) is 10. The second-order valence-corrected chi connectivity index (χ2v) is 12.5. The first-order chi connectivity index (χ1) is 23.4. The molecule has 3 aliphatic rings. The minimum Gasteiger partial charge on any atom is -0.463 e. The van der Waals surface area contributed by atoms with Gasteiger partial charge in [0, 0.05) is 74.4 Å². The molecule has 3 atom stereocenters. The van der Waals surface area contributed by atoms with Gasteiger partial charge in [0.25, 0.3) is 0 Å². The Bertz CT molecular complexity index is 1910. The van der Waals surface area contributed by atoms with E-state index >= 15 is 4.39 Å². The molecule has 3 aromatic heterocycles. The number of alkyl halides is 1. The number of ether oxygens (including phenoxy) is 2. The molecule has 6 heterocycles. The van der Waals surface area contributed by atoms with Gasteiger partial charge in [0.1, 0.15) is 23.7 Å². The minimum absolute atomic E-state index is 0.0354. The SMILES string of the molecule is Cc1cccc2cncc(-c3ncc4c(N5CCN(C(=O)/C=C/CF)[C@@H](CC#N)C5)nc(OCCCN5C[C@@H]6C[C@H]5CO6)nc4c3F)c12. The van der Waals surface area contributed by atoms with E-state index in [4.69, 9.17) is 14.5 Å². The molecule has 1 aromatic carbocycles. The molecule has 3 fully saturated rings. The van der Waals surface area contributed by atoms with Crippen molar-refractivity contribution in [1.82, 2.24) is 29.7 Å². The molecule has 0 unspecified atom stereocenters. The number of carbonyl (C=O) groups is 1. The highest BCUT2D eigenvalue weighted by Gasteiger charge is 2.38. The summed E-state index contributed by atoms with van der Waals surface area (Å²) in [6.45, 7) is 4.95. The largest absolute Gasteiger partial charge is 0.463 e. The molecule has 0 aliphatic carbocycles. The number of anilines is 1. The highest BCUT2D eigenvalue weighted by molar-refractivity contribution is 6.00. The Morgan fingerprint density at radius 2 is 2.10 bits per heavy atom. The number of carbonyl (C=O) groups excluding carboxylic acids is 1. The summed E-state index contributed by atoms with van der Waals surface area (Å²) in [5.74, 6) is -0.577. The van der Waals surface area contributed by atoms with Crippen LogP contribution >= 0.6 is 0 Å². The zero-order valence-corrected chi connectivity index (χ0v) is 26.7. The fourth-order valence-corrected chi connectivity index (χ4v) is 7.16. The molecule has 2 bridgehead atoms. The van der Waals surface area contributed by atoms with Crippen LogP contribution in [0.2, 0.25) is 0 Å². The zero-order chi connectivity index (χ0) is 33.2. The van der Waals surface area contributed by atoms with Crippen LogP contribution in [0.1, 0.15) is 24.8 Å². The molecule has 3 saturated heterocycles. The van der Waals surface area contributed by atoms with Crippen LogP contribution < -0.4 is 9.64 Å². The summed E-state index contributed by atoms with van der Waals surface area (Å²) in [6, 6.07) is 7.98. The number of likely N-dealkylation sites (tertiary alicyclic amines) is 1. The lowest BCUT2D eigenvalue weighted by Crippen LogP contribution is -2.55. The Morgan fingerprint density at radius 3 is 2.90 bits per heavy atom. The summed E-state index contributed by atoms with van der Waals surface area (Å²) in [7, 11) is 0. The number of fused-ring (bicyclic) bond motifs is 4. The van der Waals surface area contributed by atoms with Crippen LogP contribution in [-0.4, -0.2) is 106 Å².